The summed E-state index contributed by atoms with van der Waals surface area (Å²) in [6.07, 6.45) is 1.40. The molecule has 1 aromatic carbocycles. The molecule has 1 atom stereocenters. The molecule has 0 bridgehead atoms. The van der Waals surface area contributed by atoms with Crippen molar-refractivity contribution in [1.82, 2.24) is 25.3 Å². The van der Waals surface area contributed by atoms with E-state index in [2.05, 4.69) is 25.3 Å². The maximum atomic E-state index is 12.5. The van der Waals surface area contributed by atoms with E-state index in [1.165, 1.54) is 6.92 Å². The number of hydrogen-bond donors (Lipinski definition) is 4. The molecule has 0 spiro atoms. The van der Waals surface area contributed by atoms with E-state index in [0.29, 0.717) is 29.0 Å². The molecule has 1 amide bonds. The number of aliphatic carboxylic acids is 1. The number of carbonyl (C=O) groups is 3. The topological polar surface area (TPSA) is 190 Å². The lowest BCUT2D eigenvalue weighted by Crippen LogP contribution is -2.40. The average Bonchev–Trinajstić information content (AvgIpc) is 2.76. The van der Waals surface area contributed by atoms with Crippen molar-refractivity contribution < 1.29 is 19.5 Å². The van der Waals surface area contributed by atoms with Crippen LogP contribution >= 0.6 is 0 Å². The van der Waals surface area contributed by atoms with Crippen molar-refractivity contribution in [3.63, 3.8) is 0 Å². The third-order valence-electron chi connectivity index (χ3n) is 4.91. The van der Waals surface area contributed by atoms with Crippen LogP contribution in [0.5, 0.6) is 0 Å². The largest absolute Gasteiger partial charge is 0.481 e. The predicted octanol–water partition coefficient (Wildman–Crippen LogP) is 0.773. The minimum absolute atomic E-state index is 0.0276. The van der Waals surface area contributed by atoms with Crippen LogP contribution in [0.25, 0.3) is 11.2 Å². The van der Waals surface area contributed by atoms with Crippen molar-refractivity contribution >= 4 is 46.3 Å². The number of amides is 1. The first kappa shape index (κ1) is 23.3. The highest BCUT2D eigenvalue weighted by Crippen LogP contribution is 2.19. The number of anilines is 3. The molecule has 2 aromatic heterocycles. The first-order valence-electron chi connectivity index (χ1n) is 10.0. The second kappa shape index (κ2) is 9.85. The molecule has 3 rings (SSSR count). The van der Waals surface area contributed by atoms with E-state index >= 15 is 0 Å². The summed E-state index contributed by atoms with van der Waals surface area (Å²) in [5.41, 5.74) is 13.9. The fraction of sp³-hybridized carbons (Fsp3) is 0.286. The number of nitrogens with two attached hydrogens (primary N) is 2. The molecule has 2 heterocycles. The number of Topliss-reactive ketones (excluding diaryl/α,β-unsaturated/α-hetero) is 1. The normalized spacial score (nSPS) is 11.7. The van der Waals surface area contributed by atoms with Gasteiger partial charge in [-0.1, -0.05) is 0 Å². The number of carbonyl (C=O) groups excluding carboxylic acids is 2. The lowest BCUT2D eigenvalue weighted by molar-refractivity contribution is -0.137. The van der Waals surface area contributed by atoms with Crippen molar-refractivity contribution in [1.29, 1.82) is 0 Å². The van der Waals surface area contributed by atoms with Gasteiger partial charge in [-0.15, -0.1) is 0 Å². The second-order valence-corrected chi connectivity index (χ2v) is 7.47. The molecule has 6 N–H and O–H groups in total. The summed E-state index contributed by atoms with van der Waals surface area (Å²) in [5, 5.41) is 11.4. The van der Waals surface area contributed by atoms with Crippen molar-refractivity contribution in [2.45, 2.75) is 32.4 Å². The minimum atomic E-state index is -1.03. The summed E-state index contributed by atoms with van der Waals surface area (Å²) >= 11 is 0. The zero-order chi connectivity index (χ0) is 24.1. The molecule has 0 aliphatic rings. The lowest BCUT2D eigenvalue weighted by atomic mass is 10.1. The number of hydrogen-bond acceptors (Lipinski definition) is 10. The third-order valence-corrected chi connectivity index (χ3v) is 4.91. The molecule has 0 aliphatic carbocycles. The molecular formula is C21H24N8O4. The zero-order valence-electron chi connectivity index (χ0n) is 18.1. The van der Waals surface area contributed by atoms with Gasteiger partial charge in [0.05, 0.1) is 24.5 Å². The van der Waals surface area contributed by atoms with Gasteiger partial charge in [0.25, 0.3) is 5.91 Å². The Morgan fingerprint density at radius 3 is 2.45 bits per heavy atom. The summed E-state index contributed by atoms with van der Waals surface area (Å²) in [7, 11) is 1.85. The summed E-state index contributed by atoms with van der Waals surface area (Å²) < 4.78 is 0. The molecule has 0 saturated carbocycles. The number of benzene rings is 1. The number of nitrogens with zero attached hydrogens (tertiary/aromatic N) is 5. The maximum Gasteiger partial charge on any atom is 0.303 e. The highest BCUT2D eigenvalue weighted by molar-refractivity contribution is 5.97. The zero-order valence-corrected chi connectivity index (χ0v) is 18.1. The highest BCUT2D eigenvalue weighted by atomic mass is 16.4. The van der Waals surface area contributed by atoms with Gasteiger partial charge in [-0.25, -0.2) is 9.97 Å². The molecule has 0 saturated heterocycles. The van der Waals surface area contributed by atoms with Crippen LogP contribution in [0.2, 0.25) is 0 Å². The van der Waals surface area contributed by atoms with Gasteiger partial charge in [0.2, 0.25) is 5.95 Å². The number of rotatable bonds is 9. The summed E-state index contributed by atoms with van der Waals surface area (Å²) in [6.45, 7) is 1.72. The van der Waals surface area contributed by atoms with Gasteiger partial charge in [0, 0.05) is 24.7 Å². The summed E-state index contributed by atoms with van der Waals surface area (Å²) in [4.78, 5) is 53.4. The van der Waals surface area contributed by atoms with E-state index in [1.807, 2.05) is 11.9 Å². The fourth-order valence-corrected chi connectivity index (χ4v) is 3.15. The summed E-state index contributed by atoms with van der Waals surface area (Å²) in [5.74, 6) is -1.61. The molecule has 12 nitrogen and oxygen atoms in total. The quantitative estimate of drug-likeness (QED) is 0.358. The number of carboxylic acid groups (broad SMARTS) is 1. The molecular weight excluding hydrogens is 428 g/mol. The van der Waals surface area contributed by atoms with Gasteiger partial charge < -0.3 is 26.8 Å². The molecule has 33 heavy (non-hydrogen) atoms. The Hall–Kier alpha value is -4.35. The first-order valence-corrected chi connectivity index (χ1v) is 10.0. The Balaban J connectivity index is 1.67. The van der Waals surface area contributed by atoms with Crippen LogP contribution in [0, 0.1) is 0 Å². The molecule has 12 heteroatoms. The van der Waals surface area contributed by atoms with Crippen molar-refractivity contribution in [2.24, 2.45) is 0 Å². The molecule has 0 aliphatic heterocycles. The van der Waals surface area contributed by atoms with Crippen molar-refractivity contribution in [3.05, 3.63) is 41.7 Å². The Morgan fingerprint density at radius 1 is 1.12 bits per heavy atom. The third kappa shape index (κ3) is 5.87. The number of carboxylic acids is 1. The number of ketones is 1. The number of fused-ring (bicyclic) bond motifs is 1. The fourth-order valence-electron chi connectivity index (χ4n) is 3.15. The van der Waals surface area contributed by atoms with Gasteiger partial charge in [0.1, 0.15) is 0 Å². The van der Waals surface area contributed by atoms with Gasteiger partial charge >= 0.3 is 5.97 Å². The van der Waals surface area contributed by atoms with Crippen molar-refractivity contribution in [2.75, 3.05) is 23.4 Å². The Morgan fingerprint density at radius 2 is 1.82 bits per heavy atom. The summed E-state index contributed by atoms with van der Waals surface area (Å²) in [6, 6.07) is 5.89. The van der Waals surface area contributed by atoms with Crippen LogP contribution in [0.15, 0.2) is 30.5 Å². The smallest absolute Gasteiger partial charge is 0.303 e. The first-order chi connectivity index (χ1) is 15.6. The Kier molecular flexibility index (Phi) is 6.96. The van der Waals surface area contributed by atoms with Crippen LogP contribution in [-0.4, -0.2) is 55.8 Å². The van der Waals surface area contributed by atoms with E-state index in [1.54, 1.807) is 30.5 Å². The van der Waals surface area contributed by atoms with E-state index in [4.69, 9.17) is 16.6 Å². The Bertz CT molecular complexity index is 1200. The molecule has 0 unspecified atom stereocenters. The van der Waals surface area contributed by atoms with E-state index < -0.39 is 17.9 Å². The number of aromatic nitrogens is 4. The van der Waals surface area contributed by atoms with Gasteiger partial charge in [-0.3, -0.25) is 14.4 Å². The van der Waals surface area contributed by atoms with Crippen LogP contribution < -0.4 is 21.7 Å². The number of nitrogen functional groups attached to an aromatic ring is 2. The van der Waals surface area contributed by atoms with E-state index in [-0.39, 0.29) is 30.4 Å². The van der Waals surface area contributed by atoms with Gasteiger partial charge in [0.15, 0.2) is 22.8 Å². The average molecular weight is 452 g/mol. The molecule has 0 radical (unpaired) electrons. The van der Waals surface area contributed by atoms with E-state index in [0.717, 1.165) is 5.69 Å². The van der Waals surface area contributed by atoms with Gasteiger partial charge in [-0.05, 0) is 37.6 Å². The van der Waals surface area contributed by atoms with Crippen LogP contribution in [0.3, 0.4) is 0 Å². The number of nitrogens with one attached hydrogen (secondary N) is 1. The molecule has 172 valence electrons. The van der Waals surface area contributed by atoms with Crippen LogP contribution in [-0.2, 0) is 16.1 Å². The monoisotopic (exact) mass is 452 g/mol. The van der Waals surface area contributed by atoms with Gasteiger partial charge in [-0.2, -0.15) is 9.97 Å². The van der Waals surface area contributed by atoms with Crippen LogP contribution in [0.1, 0.15) is 35.8 Å². The van der Waals surface area contributed by atoms with E-state index in [9.17, 15) is 14.4 Å². The Labute approximate surface area is 189 Å². The lowest BCUT2D eigenvalue weighted by Gasteiger charge is -2.19. The second-order valence-electron chi connectivity index (χ2n) is 7.47. The predicted molar refractivity (Wildman–Crippen MR) is 121 cm³/mol. The minimum Gasteiger partial charge on any atom is -0.481 e. The SMILES string of the molecule is CC(=O)[C@H](CCC(=O)O)NC(=O)c1ccc(N(C)Cc2cnc3nc(N)nc(N)c3n2)cc1. The standard InChI is InChI=1S/C21H24N8O4/c1-11(30)15(7-8-16(31)32)26-20(33)12-3-5-14(6-4-12)29(2)10-13-9-24-19-17(25-13)18(22)27-21(23)28-19/h3-6,9,15H,7-8,10H2,1-2H3,(H,26,33)(H,31,32)(H4,22,23,24,27,28)/t15-/m0/s1. The maximum absolute atomic E-state index is 12.5. The molecule has 3 aromatic rings. The molecule has 0 fully saturated rings. The highest BCUT2D eigenvalue weighted by Gasteiger charge is 2.19. The van der Waals surface area contributed by atoms with Crippen LogP contribution in [0.4, 0.5) is 17.5 Å². The van der Waals surface area contributed by atoms with Crippen molar-refractivity contribution in [3.8, 4) is 0 Å².